The summed E-state index contributed by atoms with van der Waals surface area (Å²) in [4.78, 5) is 4.16. The van der Waals surface area contributed by atoms with Crippen molar-refractivity contribution in [3.05, 3.63) is 83.3 Å². The Hall–Kier alpha value is -2.64. The van der Waals surface area contributed by atoms with Crippen LogP contribution < -0.4 is 0 Å². The van der Waals surface area contributed by atoms with Crippen LogP contribution in [0.4, 0.5) is 4.39 Å². The molecule has 0 unspecified atom stereocenters. The molecular weight excluding hydrogens is 387 g/mol. The van der Waals surface area contributed by atoms with Gasteiger partial charge in [0.15, 0.2) is 11.0 Å². The largest absolute Gasteiger partial charge is 0.467 e. The Labute approximate surface area is 164 Å². The second-order valence-electron chi connectivity index (χ2n) is 5.74. The Kier molecular flexibility index (Phi) is 5.22. The summed E-state index contributed by atoms with van der Waals surface area (Å²) in [7, 11) is 0. The van der Waals surface area contributed by atoms with Gasteiger partial charge in [0.2, 0.25) is 0 Å². The zero-order valence-electron chi connectivity index (χ0n) is 14.0. The van der Waals surface area contributed by atoms with Crippen LogP contribution in [0, 0.1) is 5.82 Å². The summed E-state index contributed by atoms with van der Waals surface area (Å²) < 4.78 is 20.7. The van der Waals surface area contributed by atoms with Crippen molar-refractivity contribution in [2.24, 2.45) is 0 Å². The van der Waals surface area contributed by atoms with Gasteiger partial charge in [-0.1, -0.05) is 29.4 Å². The molecule has 3 heterocycles. The summed E-state index contributed by atoms with van der Waals surface area (Å²) in [6.45, 7) is 0.490. The minimum atomic E-state index is -0.353. The molecular formula is C19H14ClFN4OS. The fourth-order valence-electron chi connectivity index (χ4n) is 2.59. The molecule has 0 radical (unpaired) electrons. The maximum atomic E-state index is 13.2. The quantitative estimate of drug-likeness (QED) is 0.423. The third kappa shape index (κ3) is 4.04. The summed E-state index contributed by atoms with van der Waals surface area (Å²) in [5, 5.41) is 9.77. The first-order valence-corrected chi connectivity index (χ1v) is 9.50. The van der Waals surface area contributed by atoms with Crippen molar-refractivity contribution in [1.29, 1.82) is 0 Å². The molecule has 8 heteroatoms. The number of furan rings is 1. The maximum Gasteiger partial charge on any atom is 0.192 e. The van der Waals surface area contributed by atoms with Crippen molar-refractivity contribution < 1.29 is 8.81 Å². The number of rotatable bonds is 6. The molecule has 0 atom stereocenters. The molecule has 0 aliphatic rings. The van der Waals surface area contributed by atoms with Crippen molar-refractivity contribution in [2.75, 3.05) is 0 Å². The van der Waals surface area contributed by atoms with Gasteiger partial charge in [-0.05, 0) is 42.0 Å². The highest BCUT2D eigenvalue weighted by Gasteiger charge is 2.16. The molecule has 0 fully saturated rings. The predicted molar refractivity (Wildman–Crippen MR) is 102 cm³/mol. The van der Waals surface area contributed by atoms with Gasteiger partial charge >= 0.3 is 0 Å². The fraction of sp³-hybridized carbons (Fsp3) is 0.105. The molecule has 0 spiro atoms. The summed E-state index contributed by atoms with van der Waals surface area (Å²) in [5.41, 5.74) is 1.70. The molecule has 0 aliphatic carbocycles. The van der Waals surface area contributed by atoms with E-state index < -0.39 is 0 Å². The Morgan fingerprint density at radius 1 is 1.15 bits per heavy atom. The van der Waals surface area contributed by atoms with E-state index in [0.717, 1.165) is 16.9 Å². The van der Waals surface area contributed by atoms with E-state index in [1.54, 1.807) is 24.7 Å². The van der Waals surface area contributed by atoms with Crippen LogP contribution in [0.3, 0.4) is 0 Å². The van der Waals surface area contributed by atoms with Gasteiger partial charge in [0.25, 0.3) is 0 Å². The zero-order chi connectivity index (χ0) is 18.6. The smallest absolute Gasteiger partial charge is 0.192 e. The minimum Gasteiger partial charge on any atom is -0.467 e. The molecule has 1 aromatic carbocycles. The number of halogens is 2. The molecule has 0 bridgehead atoms. The maximum absolute atomic E-state index is 13.2. The van der Waals surface area contributed by atoms with Crippen molar-refractivity contribution in [2.45, 2.75) is 17.5 Å². The number of nitrogens with zero attached hydrogens (tertiary/aromatic N) is 4. The molecule has 4 aromatic rings. The van der Waals surface area contributed by atoms with Crippen LogP contribution in [-0.4, -0.2) is 19.7 Å². The van der Waals surface area contributed by atoms with E-state index >= 15 is 0 Å². The van der Waals surface area contributed by atoms with Crippen molar-refractivity contribution >= 4 is 23.4 Å². The molecule has 3 aromatic heterocycles. The van der Waals surface area contributed by atoms with Crippen LogP contribution in [0.25, 0.3) is 11.4 Å². The van der Waals surface area contributed by atoms with E-state index in [9.17, 15) is 4.39 Å². The molecule has 0 amide bonds. The van der Waals surface area contributed by atoms with Gasteiger partial charge in [0, 0.05) is 28.7 Å². The first-order valence-electron chi connectivity index (χ1n) is 8.13. The number of benzene rings is 1. The van der Waals surface area contributed by atoms with Gasteiger partial charge < -0.3 is 4.42 Å². The Morgan fingerprint density at radius 3 is 2.81 bits per heavy atom. The number of pyridine rings is 1. The van der Waals surface area contributed by atoms with E-state index in [1.807, 2.05) is 28.8 Å². The second-order valence-corrected chi connectivity index (χ2v) is 7.09. The van der Waals surface area contributed by atoms with Gasteiger partial charge in [-0.25, -0.2) is 4.39 Å². The Balaban J connectivity index is 1.64. The fourth-order valence-corrected chi connectivity index (χ4v) is 3.84. The third-order valence-corrected chi connectivity index (χ3v) is 5.27. The first-order chi connectivity index (χ1) is 13.2. The SMILES string of the molecule is Fc1ccc(CSc2nnc(-c3cccnc3)n2Cc2ccco2)c(Cl)c1. The van der Waals surface area contributed by atoms with E-state index in [0.29, 0.717) is 28.3 Å². The van der Waals surface area contributed by atoms with Crippen LogP contribution >= 0.6 is 23.4 Å². The van der Waals surface area contributed by atoms with Gasteiger partial charge in [-0.3, -0.25) is 9.55 Å². The van der Waals surface area contributed by atoms with Crippen LogP contribution in [0.1, 0.15) is 11.3 Å². The second kappa shape index (κ2) is 7.94. The average molecular weight is 401 g/mol. The number of aromatic nitrogens is 4. The molecule has 0 aliphatic heterocycles. The van der Waals surface area contributed by atoms with Crippen LogP contribution in [-0.2, 0) is 12.3 Å². The normalized spacial score (nSPS) is 11.0. The molecule has 0 saturated heterocycles. The van der Waals surface area contributed by atoms with Crippen LogP contribution in [0.5, 0.6) is 0 Å². The zero-order valence-corrected chi connectivity index (χ0v) is 15.6. The predicted octanol–water partition coefficient (Wildman–Crippen LogP) is 5.07. The lowest BCUT2D eigenvalue weighted by atomic mass is 10.2. The standard InChI is InChI=1S/C19H14ClFN4OS/c20-17-9-15(21)6-5-14(17)12-27-19-24-23-18(13-3-1-7-22-10-13)25(19)11-16-4-2-8-26-16/h1-10H,11-12H2. The number of hydrogen-bond acceptors (Lipinski definition) is 5. The summed E-state index contributed by atoms with van der Waals surface area (Å²) in [6, 6.07) is 11.9. The van der Waals surface area contributed by atoms with E-state index in [1.165, 1.54) is 23.9 Å². The topological polar surface area (TPSA) is 56.7 Å². The molecule has 5 nitrogen and oxygen atoms in total. The van der Waals surface area contributed by atoms with Gasteiger partial charge in [-0.15, -0.1) is 10.2 Å². The van der Waals surface area contributed by atoms with Gasteiger partial charge in [-0.2, -0.15) is 0 Å². The summed E-state index contributed by atoms with van der Waals surface area (Å²) in [5.74, 6) is 1.69. The van der Waals surface area contributed by atoms with E-state index in [4.69, 9.17) is 16.0 Å². The highest BCUT2D eigenvalue weighted by molar-refractivity contribution is 7.98. The van der Waals surface area contributed by atoms with Crippen LogP contribution in [0.15, 0.2) is 70.7 Å². The third-order valence-electron chi connectivity index (χ3n) is 3.90. The van der Waals surface area contributed by atoms with Crippen molar-refractivity contribution in [3.8, 4) is 11.4 Å². The van der Waals surface area contributed by atoms with E-state index in [2.05, 4.69) is 15.2 Å². The lowest BCUT2D eigenvalue weighted by molar-refractivity contribution is 0.485. The minimum absolute atomic E-state index is 0.353. The lowest BCUT2D eigenvalue weighted by Gasteiger charge is -2.09. The molecule has 136 valence electrons. The highest BCUT2D eigenvalue weighted by atomic mass is 35.5. The monoisotopic (exact) mass is 400 g/mol. The van der Waals surface area contributed by atoms with Gasteiger partial charge in [0.1, 0.15) is 11.6 Å². The molecule has 27 heavy (non-hydrogen) atoms. The number of thioether (sulfide) groups is 1. The van der Waals surface area contributed by atoms with Gasteiger partial charge in [0.05, 0.1) is 12.8 Å². The van der Waals surface area contributed by atoms with E-state index in [-0.39, 0.29) is 5.82 Å². The van der Waals surface area contributed by atoms with Crippen LogP contribution in [0.2, 0.25) is 5.02 Å². The molecule has 0 N–H and O–H groups in total. The lowest BCUT2D eigenvalue weighted by Crippen LogP contribution is -2.03. The summed E-state index contributed by atoms with van der Waals surface area (Å²) in [6.07, 6.45) is 5.09. The average Bonchev–Trinajstić information content (AvgIpc) is 3.32. The Bertz CT molecular complexity index is 1040. The Morgan fingerprint density at radius 2 is 2.07 bits per heavy atom. The molecule has 4 rings (SSSR count). The first kappa shape index (κ1) is 17.8. The van der Waals surface area contributed by atoms with Crippen molar-refractivity contribution in [3.63, 3.8) is 0 Å². The van der Waals surface area contributed by atoms with Crippen molar-refractivity contribution in [1.82, 2.24) is 19.7 Å². The summed E-state index contributed by atoms with van der Waals surface area (Å²) >= 11 is 7.61. The number of hydrogen-bond donors (Lipinski definition) is 0. The molecule has 0 saturated carbocycles. The highest BCUT2D eigenvalue weighted by Crippen LogP contribution is 2.29.